The minimum Gasteiger partial charge on any atom is -0.480 e. The number of carboxylic acids is 1. The average Bonchev–Trinajstić information content (AvgIpc) is 2.81. The van der Waals surface area contributed by atoms with Gasteiger partial charge in [-0.25, -0.2) is 0 Å². The molecule has 1 heterocycles. The summed E-state index contributed by atoms with van der Waals surface area (Å²) in [6, 6.07) is 0.622. The van der Waals surface area contributed by atoms with Gasteiger partial charge in [0.25, 0.3) is 0 Å². The summed E-state index contributed by atoms with van der Waals surface area (Å²) in [5.41, 5.74) is 0. The quantitative estimate of drug-likeness (QED) is 0.674. The molecule has 0 saturated heterocycles. The van der Waals surface area contributed by atoms with Crippen molar-refractivity contribution in [1.82, 2.24) is 10.5 Å². The largest absolute Gasteiger partial charge is 0.480 e. The maximum absolute atomic E-state index is 11.8. The second-order valence-corrected chi connectivity index (χ2v) is 5.72. The molecule has 1 unspecified atom stereocenters. The van der Waals surface area contributed by atoms with Crippen LogP contribution in [0.4, 0.5) is 5.82 Å². The van der Waals surface area contributed by atoms with Gasteiger partial charge in [0.1, 0.15) is 11.8 Å². The molecule has 0 aliphatic carbocycles. The first-order valence-corrected chi connectivity index (χ1v) is 7.22. The van der Waals surface area contributed by atoms with E-state index in [1.807, 2.05) is 0 Å². The predicted octanol–water partition coefficient (Wildman–Crippen LogP) is 0.633. The highest BCUT2D eigenvalue weighted by molar-refractivity contribution is 8.01. The van der Waals surface area contributed by atoms with Gasteiger partial charge in [0.05, 0.1) is 11.0 Å². The molecule has 0 aliphatic rings. The number of hydrogen-bond acceptors (Lipinski definition) is 6. The number of aliphatic carboxylic acids is 1. The van der Waals surface area contributed by atoms with E-state index in [9.17, 15) is 14.4 Å². The van der Waals surface area contributed by atoms with Crippen molar-refractivity contribution in [3.8, 4) is 0 Å². The molecule has 1 rings (SSSR count). The number of nitrogens with zero attached hydrogens (tertiary/aromatic N) is 1. The molecule has 0 radical (unpaired) electrons. The first-order valence-electron chi connectivity index (χ1n) is 6.17. The molecule has 0 fully saturated rings. The lowest BCUT2D eigenvalue weighted by molar-refractivity contribution is -0.140. The summed E-state index contributed by atoms with van der Waals surface area (Å²) in [6.07, 6.45) is 0. The van der Waals surface area contributed by atoms with Crippen LogP contribution in [0, 0.1) is 6.92 Å². The van der Waals surface area contributed by atoms with Gasteiger partial charge < -0.3 is 20.3 Å². The van der Waals surface area contributed by atoms with Gasteiger partial charge in [-0.3, -0.25) is 14.4 Å². The zero-order valence-corrected chi connectivity index (χ0v) is 12.7. The van der Waals surface area contributed by atoms with Crippen molar-refractivity contribution in [2.75, 3.05) is 11.1 Å². The number of nitrogens with one attached hydrogen (secondary N) is 2. The molecule has 0 aliphatic heterocycles. The fourth-order valence-corrected chi connectivity index (χ4v) is 1.97. The van der Waals surface area contributed by atoms with Crippen LogP contribution in [0.25, 0.3) is 0 Å². The third-order valence-corrected chi connectivity index (χ3v) is 3.60. The van der Waals surface area contributed by atoms with Crippen molar-refractivity contribution < 1.29 is 24.0 Å². The van der Waals surface area contributed by atoms with Crippen LogP contribution in [-0.4, -0.2) is 45.1 Å². The summed E-state index contributed by atoms with van der Waals surface area (Å²) in [5, 5.41) is 16.7. The summed E-state index contributed by atoms with van der Waals surface area (Å²) in [5.74, 6) is -0.981. The Morgan fingerprint density at radius 2 is 2.10 bits per heavy atom. The van der Waals surface area contributed by atoms with Crippen LogP contribution in [0.1, 0.15) is 19.6 Å². The van der Waals surface area contributed by atoms with Crippen molar-refractivity contribution in [2.45, 2.75) is 32.1 Å². The van der Waals surface area contributed by atoms with Crippen LogP contribution in [0.3, 0.4) is 0 Å². The monoisotopic (exact) mass is 315 g/mol. The SMILES string of the molecule is Cc1cc(NC(=O)C(C)SCC(=O)N[C@@H](C)C(=O)O)no1. The number of carbonyl (C=O) groups excluding carboxylic acids is 2. The molecule has 0 saturated carbocycles. The summed E-state index contributed by atoms with van der Waals surface area (Å²) in [6.45, 7) is 4.71. The topological polar surface area (TPSA) is 122 Å². The highest BCUT2D eigenvalue weighted by atomic mass is 32.2. The normalized spacial score (nSPS) is 13.3. The van der Waals surface area contributed by atoms with E-state index >= 15 is 0 Å². The Kier molecular flexibility index (Phi) is 6.22. The van der Waals surface area contributed by atoms with Crippen molar-refractivity contribution >= 4 is 35.4 Å². The molecule has 1 aromatic heterocycles. The smallest absolute Gasteiger partial charge is 0.325 e. The molecule has 2 atom stereocenters. The van der Waals surface area contributed by atoms with Crippen molar-refractivity contribution in [2.24, 2.45) is 0 Å². The van der Waals surface area contributed by atoms with Gasteiger partial charge in [0.2, 0.25) is 11.8 Å². The summed E-state index contributed by atoms with van der Waals surface area (Å²) >= 11 is 1.10. The van der Waals surface area contributed by atoms with Crippen LogP contribution >= 0.6 is 11.8 Å². The Hall–Kier alpha value is -2.03. The fourth-order valence-electron chi connectivity index (χ4n) is 1.27. The third-order valence-electron chi connectivity index (χ3n) is 2.46. The number of amides is 2. The first-order chi connectivity index (χ1) is 9.79. The summed E-state index contributed by atoms with van der Waals surface area (Å²) < 4.78 is 4.82. The van der Waals surface area contributed by atoms with E-state index in [0.717, 1.165) is 11.8 Å². The van der Waals surface area contributed by atoms with Crippen LogP contribution < -0.4 is 10.6 Å². The van der Waals surface area contributed by atoms with Gasteiger partial charge >= 0.3 is 5.97 Å². The molecule has 21 heavy (non-hydrogen) atoms. The standard InChI is InChI=1S/C12H17N3O5S/c1-6-4-9(15-20-6)14-11(17)8(3)21-5-10(16)13-7(2)12(18)19/h4,7-8H,5H2,1-3H3,(H,13,16)(H,18,19)(H,14,15,17)/t7-,8?/m0/s1. The molecule has 2 amide bonds. The number of hydrogen-bond donors (Lipinski definition) is 3. The van der Waals surface area contributed by atoms with Crippen LogP contribution in [0.2, 0.25) is 0 Å². The number of anilines is 1. The van der Waals surface area contributed by atoms with E-state index in [4.69, 9.17) is 9.63 Å². The van der Waals surface area contributed by atoms with Crippen LogP contribution in [0.15, 0.2) is 10.6 Å². The lowest BCUT2D eigenvalue weighted by atomic mass is 10.3. The van der Waals surface area contributed by atoms with Gasteiger partial charge in [-0.15, -0.1) is 11.8 Å². The molecule has 0 aromatic carbocycles. The first kappa shape index (κ1) is 17.0. The molecule has 1 aromatic rings. The maximum Gasteiger partial charge on any atom is 0.325 e. The van der Waals surface area contributed by atoms with Gasteiger partial charge in [0.15, 0.2) is 5.82 Å². The van der Waals surface area contributed by atoms with E-state index in [0.29, 0.717) is 11.6 Å². The van der Waals surface area contributed by atoms with E-state index in [-0.39, 0.29) is 11.7 Å². The number of thioether (sulfide) groups is 1. The van der Waals surface area contributed by atoms with Crippen LogP contribution in [0.5, 0.6) is 0 Å². The average molecular weight is 315 g/mol. The highest BCUT2D eigenvalue weighted by Crippen LogP contribution is 2.14. The minimum absolute atomic E-state index is 0.00987. The summed E-state index contributed by atoms with van der Waals surface area (Å²) in [7, 11) is 0. The summed E-state index contributed by atoms with van der Waals surface area (Å²) in [4.78, 5) is 33.9. The van der Waals surface area contributed by atoms with E-state index in [1.165, 1.54) is 6.92 Å². The second kappa shape index (κ2) is 7.67. The Labute approximate surface area is 125 Å². The molecule has 0 spiro atoms. The van der Waals surface area contributed by atoms with Gasteiger partial charge in [-0.2, -0.15) is 0 Å². The van der Waals surface area contributed by atoms with Crippen molar-refractivity contribution in [1.29, 1.82) is 0 Å². The number of carbonyl (C=O) groups is 3. The minimum atomic E-state index is -1.11. The predicted molar refractivity (Wildman–Crippen MR) is 77.0 cm³/mol. The Balaban J connectivity index is 2.35. The number of aryl methyl sites for hydroxylation is 1. The lowest BCUT2D eigenvalue weighted by Gasteiger charge is -2.12. The third kappa shape index (κ3) is 5.86. The van der Waals surface area contributed by atoms with Gasteiger partial charge in [0, 0.05) is 6.07 Å². The number of aromatic nitrogens is 1. The van der Waals surface area contributed by atoms with E-state index in [1.54, 1.807) is 19.9 Å². The number of rotatable bonds is 7. The van der Waals surface area contributed by atoms with E-state index in [2.05, 4.69) is 15.8 Å². The molecule has 0 bridgehead atoms. The van der Waals surface area contributed by atoms with Crippen molar-refractivity contribution in [3.05, 3.63) is 11.8 Å². The van der Waals surface area contributed by atoms with Gasteiger partial charge in [-0.1, -0.05) is 5.16 Å². The molecular formula is C12H17N3O5S. The maximum atomic E-state index is 11.8. The Morgan fingerprint density at radius 1 is 1.43 bits per heavy atom. The second-order valence-electron chi connectivity index (χ2n) is 4.39. The molecule has 3 N–H and O–H groups in total. The van der Waals surface area contributed by atoms with Crippen molar-refractivity contribution in [3.63, 3.8) is 0 Å². The number of carboxylic acid groups (broad SMARTS) is 1. The van der Waals surface area contributed by atoms with Crippen LogP contribution in [-0.2, 0) is 14.4 Å². The molecule has 116 valence electrons. The lowest BCUT2D eigenvalue weighted by Crippen LogP contribution is -2.39. The van der Waals surface area contributed by atoms with E-state index < -0.39 is 23.2 Å². The fraction of sp³-hybridized carbons (Fsp3) is 0.500. The Bertz CT molecular complexity index is 531. The Morgan fingerprint density at radius 3 is 2.62 bits per heavy atom. The van der Waals surface area contributed by atoms with Gasteiger partial charge in [-0.05, 0) is 20.8 Å². The zero-order chi connectivity index (χ0) is 16.0. The zero-order valence-electron chi connectivity index (χ0n) is 11.9. The molecular weight excluding hydrogens is 298 g/mol. The molecule has 9 heteroatoms. The molecule has 8 nitrogen and oxygen atoms in total. The highest BCUT2D eigenvalue weighted by Gasteiger charge is 2.18.